The fourth-order valence-corrected chi connectivity index (χ4v) is 7.01. The van der Waals surface area contributed by atoms with E-state index in [0.717, 1.165) is 31.2 Å². The van der Waals surface area contributed by atoms with Gasteiger partial charge in [-0.05, 0) is 76.2 Å². The van der Waals surface area contributed by atoms with Crippen LogP contribution in [0.3, 0.4) is 0 Å². The highest BCUT2D eigenvalue weighted by atomic mass is 79.9. The molecule has 168 valence electrons. The number of rotatable bonds is 2. The zero-order valence-corrected chi connectivity index (χ0v) is 22.2. The van der Waals surface area contributed by atoms with E-state index < -0.39 is 5.41 Å². The topological polar surface area (TPSA) is 13.1 Å². The third-order valence-corrected chi connectivity index (χ3v) is 8.50. The average Bonchev–Trinajstić information content (AvgIpc) is 3.47. The van der Waals surface area contributed by atoms with Crippen LogP contribution in [0.4, 0.5) is 0 Å². The second-order valence-corrected chi connectivity index (χ2v) is 11.0. The summed E-state index contributed by atoms with van der Waals surface area (Å²) in [6, 6.07) is 26.7. The summed E-state index contributed by atoms with van der Waals surface area (Å²) in [6.07, 6.45) is 5.98. The Morgan fingerprint density at radius 3 is 2.11 bits per heavy atom. The van der Waals surface area contributed by atoms with Gasteiger partial charge in [-0.1, -0.05) is 99.1 Å². The van der Waals surface area contributed by atoms with Gasteiger partial charge in [0, 0.05) is 25.5 Å². The van der Waals surface area contributed by atoms with Crippen molar-refractivity contribution in [3.63, 3.8) is 0 Å². The largest absolute Gasteiger partial charge is 0.455 e. The highest BCUT2D eigenvalue weighted by molar-refractivity contribution is 9.10. The maximum absolute atomic E-state index is 6.54. The van der Waals surface area contributed by atoms with Crippen molar-refractivity contribution in [3.05, 3.63) is 128 Å². The van der Waals surface area contributed by atoms with Crippen molar-refractivity contribution in [2.45, 2.75) is 12.3 Å². The molecule has 0 aliphatic heterocycles. The minimum atomic E-state index is -0.416. The van der Waals surface area contributed by atoms with Crippen LogP contribution < -0.4 is 0 Å². The van der Waals surface area contributed by atoms with Crippen LogP contribution in [-0.2, 0) is 5.41 Å². The molecule has 0 radical (unpaired) electrons. The van der Waals surface area contributed by atoms with E-state index in [1.165, 1.54) is 44.5 Å². The van der Waals surface area contributed by atoms with E-state index in [1.54, 1.807) is 0 Å². The van der Waals surface area contributed by atoms with Gasteiger partial charge in [0.15, 0.2) is 0 Å². The Labute approximate surface area is 221 Å². The minimum absolute atomic E-state index is 0.416. The molecule has 0 N–H and O–H groups in total. The van der Waals surface area contributed by atoms with Crippen LogP contribution in [0.2, 0.25) is 0 Å². The summed E-state index contributed by atoms with van der Waals surface area (Å²) in [5.74, 6) is 0.808. The zero-order valence-electron chi connectivity index (χ0n) is 19.0. The molecule has 4 aromatic carbocycles. The molecular formula is C32H20Br2O. The molecule has 1 spiro atoms. The Kier molecular flexibility index (Phi) is 4.49. The molecule has 0 atom stereocenters. The highest BCUT2D eigenvalue weighted by Gasteiger charge is 2.52. The first-order valence-corrected chi connectivity index (χ1v) is 13.2. The van der Waals surface area contributed by atoms with Gasteiger partial charge in [-0.3, -0.25) is 0 Å². The van der Waals surface area contributed by atoms with Gasteiger partial charge >= 0.3 is 0 Å². The van der Waals surface area contributed by atoms with Gasteiger partial charge in [0.05, 0.1) is 5.41 Å². The van der Waals surface area contributed by atoms with Crippen LogP contribution in [-0.4, -0.2) is 0 Å². The number of allylic oxidation sites excluding steroid dienone is 1. The zero-order chi connectivity index (χ0) is 23.9. The number of hydrogen-bond acceptors (Lipinski definition) is 1. The van der Waals surface area contributed by atoms with Crippen molar-refractivity contribution in [2.24, 2.45) is 0 Å². The first kappa shape index (κ1) is 21.2. The quantitative estimate of drug-likeness (QED) is 0.198. The molecule has 35 heavy (non-hydrogen) atoms. The summed E-state index contributed by atoms with van der Waals surface area (Å²) in [4.78, 5) is 0. The van der Waals surface area contributed by atoms with E-state index in [-0.39, 0.29) is 0 Å². The standard InChI is InChI=1S/C32H20Br2O/c1-3-7-22-23-14-15-26-30(31(23)35-29(22)4-2)24-8-5-6-9-25(24)32(26)27-16-18(33)10-12-20(27)21-13-11-19(34)17-28(21)32/h3-17H,2H2,1H3/b7-3-. The molecule has 0 bridgehead atoms. The summed E-state index contributed by atoms with van der Waals surface area (Å²) in [5, 5.41) is 1.12. The maximum atomic E-state index is 6.54. The normalized spacial score (nSPS) is 14.4. The summed E-state index contributed by atoms with van der Waals surface area (Å²) in [6.45, 7) is 6.05. The van der Waals surface area contributed by atoms with Crippen molar-refractivity contribution in [1.82, 2.24) is 0 Å². The van der Waals surface area contributed by atoms with Gasteiger partial charge in [-0.25, -0.2) is 0 Å². The fourth-order valence-electron chi connectivity index (χ4n) is 6.29. The second kappa shape index (κ2) is 7.43. The predicted octanol–water partition coefficient (Wildman–Crippen LogP) is 9.98. The third-order valence-electron chi connectivity index (χ3n) is 7.51. The van der Waals surface area contributed by atoms with Gasteiger partial charge in [-0.2, -0.15) is 0 Å². The molecule has 1 aromatic heterocycles. The molecule has 0 saturated carbocycles. The number of fused-ring (bicyclic) bond motifs is 12. The van der Waals surface area contributed by atoms with E-state index in [9.17, 15) is 0 Å². The van der Waals surface area contributed by atoms with Crippen LogP contribution >= 0.6 is 31.9 Å². The Hall–Kier alpha value is -3.14. The van der Waals surface area contributed by atoms with Gasteiger partial charge in [0.2, 0.25) is 0 Å². The first-order valence-electron chi connectivity index (χ1n) is 11.6. The van der Waals surface area contributed by atoms with Crippen molar-refractivity contribution >= 4 is 55.0 Å². The van der Waals surface area contributed by atoms with E-state index in [4.69, 9.17) is 4.42 Å². The molecule has 0 saturated heterocycles. The van der Waals surface area contributed by atoms with Gasteiger partial charge < -0.3 is 4.42 Å². The number of benzene rings is 4. The molecule has 2 aliphatic rings. The molecule has 1 nitrogen and oxygen atoms in total. The molecule has 1 heterocycles. The Morgan fingerprint density at radius 2 is 1.46 bits per heavy atom. The number of furan rings is 1. The van der Waals surface area contributed by atoms with Crippen molar-refractivity contribution in [2.75, 3.05) is 0 Å². The second-order valence-electron chi connectivity index (χ2n) is 9.12. The Morgan fingerprint density at radius 1 is 0.771 bits per heavy atom. The van der Waals surface area contributed by atoms with E-state index >= 15 is 0 Å². The first-order chi connectivity index (χ1) is 17.1. The van der Waals surface area contributed by atoms with Crippen LogP contribution in [0.15, 0.2) is 98.8 Å². The summed E-state index contributed by atoms with van der Waals surface area (Å²) in [7, 11) is 0. The van der Waals surface area contributed by atoms with E-state index in [1.807, 2.05) is 13.0 Å². The van der Waals surface area contributed by atoms with Crippen LogP contribution in [0, 0.1) is 0 Å². The number of halogens is 2. The number of hydrogen-bond donors (Lipinski definition) is 0. The van der Waals surface area contributed by atoms with Crippen LogP contribution in [0.5, 0.6) is 0 Å². The maximum Gasteiger partial charge on any atom is 0.143 e. The molecule has 0 unspecified atom stereocenters. The highest BCUT2D eigenvalue weighted by Crippen LogP contribution is 2.64. The Balaban J connectivity index is 1.71. The molecule has 7 rings (SSSR count). The Bertz CT molecular complexity index is 1700. The summed E-state index contributed by atoms with van der Waals surface area (Å²) < 4.78 is 8.70. The average molecular weight is 580 g/mol. The van der Waals surface area contributed by atoms with Crippen molar-refractivity contribution < 1.29 is 4.42 Å². The van der Waals surface area contributed by atoms with Gasteiger partial charge in [0.25, 0.3) is 0 Å². The lowest BCUT2D eigenvalue weighted by Gasteiger charge is -2.30. The third kappa shape index (κ3) is 2.58. The van der Waals surface area contributed by atoms with Crippen molar-refractivity contribution in [3.8, 4) is 22.3 Å². The lowest BCUT2D eigenvalue weighted by Crippen LogP contribution is -2.25. The monoisotopic (exact) mass is 578 g/mol. The molecule has 0 fully saturated rings. The van der Waals surface area contributed by atoms with Gasteiger partial charge in [0.1, 0.15) is 11.3 Å². The lowest BCUT2D eigenvalue weighted by atomic mass is 9.70. The smallest absolute Gasteiger partial charge is 0.143 e. The van der Waals surface area contributed by atoms with Gasteiger partial charge in [-0.15, -0.1) is 0 Å². The van der Waals surface area contributed by atoms with Crippen LogP contribution in [0.25, 0.3) is 45.4 Å². The van der Waals surface area contributed by atoms with Crippen molar-refractivity contribution in [1.29, 1.82) is 0 Å². The predicted molar refractivity (Wildman–Crippen MR) is 153 cm³/mol. The molecule has 0 amide bonds. The molecule has 3 heteroatoms. The van der Waals surface area contributed by atoms with Crippen LogP contribution in [0.1, 0.15) is 40.5 Å². The summed E-state index contributed by atoms with van der Waals surface area (Å²) >= 11 is 7.53. The fraction of sp³-hybridized carbons (Fsp3) is 0.0625. The molecule has 5 aromatic rings. The van der Waals surface area contributed by atoms with E-state index in [0.29, 0.717) is 0 Å². The minimum Gasteiger partial charge on any atom is -0.455 e. The molecule has 2 aliphatic carbocycles. The van der Waals surface area contributed by atoms with E-state index in [2.05, 4.69) is 123 Å². The summed E-state index contributed by atoms with van der Waals surface area (Å²) in [5.41, 5.74) is 11.7. The molecular weight excluding hydrogens is 560 g/mol. The SMILES string of the molecule is C=Cc1oc2c3c(ccc2c1/C=C\C)C1(c2cc(Br)ccc2-c2ccc(Br)cc21)c1ccccc1-3. The lowest BCUT2D eigenvalue weighted by molar-refractivity contribution is 0.604.